The van der Waals surface area contributed by atoms with E-state index in [0.717, 1.165) is 33.5 Å². The maximum Gasteiger partial charge on any atom is 0.162 e. The third kappa shape index (κ3) is 2.24. The van der Waals surface area contributed by atoms with Gasteiger partial charge in [-0.15, -0.1) is 0 Å². The summed E-state index contributed by atoms with van der Waals surface area (Å²) in [6.07, 6.45) is 2.02. The summed E-state index contributed by atoms with van der Waals surface area (Å²) in [6, 6.07) is 26.4. The molecule has 0 atom stereocenters. The number of ketones is 1. The van der Waals surface area contributed by atoms with Crippen LogP contribution in [0.4, 0.5) is 0 Å². The van der Waals surface area contributed by atoms with Gasteiger partial charge in [0.2, 0.25) is 0 Å². The first-order valence-electron chi connectivity index (χ1n) is 8.02. The van der Waals surface area contributed by atoms with E-state index in [-0.39, 0.29) is 5.78 Å². The fourth-order valence-corrected chi connectivity index (χ4v) is 3.33. The molecule has 2 nitrogen and oxygen atoms in total. The number of nitrogens with zero attached hydrogens (tertiary/aromatic N) is 1. The van der Waals surface area contributed by atoms with Gasteiger partial charge in [-0.25, -0.2) is 0 Å². The molecular formula is C22H17NO. The molecule has 2 aromatic heterocycles. The zero-order chi connectivity index (χ0) is 16.5. The summed E-state index contributed by atoms with van der Waals surface area (Å²) >= 11 is 0. The molecule has 2 heteroatoms. The van der Waals surface area contributed by atoms with Gasteiger partial charge in [0, 0.05) is 11.8 Å². The quantitative estimate of drug-likeness (QED) is 0.459. The molecule has 4 rings (SSSR count). The van der Waals surface area contributed by atoms with Gasteiger partial charge in [0.15, 0.2) is 5.78 Å². The Balaban J connectivity index is 2.19. The molecule has 2 heterocycles. The first-order chi connectivity index (χ1) is 11.8. The van der Waals surface area contributed by atoms with E-state index >= 15 is 0 Å². The number of Topliss-reactive ketones (excluding diaryl/α,β-unsaturated/α-hetero) is 1. The number of pyridine rings is 1. The lowest BCUT2D eigenvalue weighted by Crippen LogP contribution is -1.94. The first kappa shape index (κ1) is 14.5. The fraction of sp³-hybridized carbons (Fsp3) is 0.0455. The average Bonchev–Trinajstić information content (AvgIpc) is 2.98. The summed E-state index contributed by atoms with van der Waals surface area (Å²) in [6.45, 7) is 1.64. The molecule has 0 aliphatic carbocycles. The number of carbonyl (C=O) groups excluding carboxylic acids is 1. The van der Waals surface area contributed by atoms with E-state index in [2.05, 4.69) is 28.7 Å². The van der Waals surface area contributed by atoms with Crippen LogP contribution in [0.1, 0.15) is 17.3 Å². The van der Waals surface area contributed by atoms with Crippen molar-refractivity contribution in [3.63, 3.8) is 0 Å². The van der Waals surface area contributed by atoms with Crippen LogP contribution in [0.15, 0.2) is 85.1 Å². The van der Waals surface area contributed by atoms with Crippen LogP contribution in [0.25, 0.3) is 27.9 Å². The van der Waals surface area contributed by atoms with Gasteiger partial charge in [-0.2, -0.15) is 0 Å². The van der Waals surface area contributed by atoms with Crippen molar-refractivity contribution in [2.75, 3.05) is 0 Å². The van der Waals surface area contributed by atoms with Crippen molar-refractivity contribution in [2.24, 2.45) is 0 Å². The maximum absolute atomic E-state index is 12.5. The van der Waals surface area contributed by atoms with Crippen molar-refractivity contribution in [3.8, 4) is 22.4 Å². The van der Waals surface area contributed by atoms with Crippen molar-refractivity contribution in [1.29, 1.82) is 0 Å². The second-order valence-electron chi connectivity index (χ2n) is 5.84. The van der Waals surface area contributed by atoms with E-state index in [1.54, 1.807) is 6.92 Å². The zero-order valence-corrected chi connectivity index (χ0v) is 13.4. The monoisotopic (exact) mass is 311 g/mol. The Morgan fingerprint density at radius 2 is 1.33 bits per heavy atom. The van der Waals surface area contributed by atoms with Gasteiger partial charge in [0.25, 0.3) is 0 Å². The van der Waals surface area contributed by atoms with Crippen LogP contribution >= 0.6 is 0 Å². The Hall–Kier alpha value is -3.13. The number of rotatable bonds is 3. The summed E-state index contributed by atoms with van der Waals surface area (Å²) in [7, 11) is 0. The summed E-state index contributed by atoms with van der Waals surface area (Å²) in [5.41, 5.74) is 5.95. The number of aromatic nitrogens is 1. The second kappa shape index (κ2) is 5.82. The Morgan fingerprint density at radius 3 is 1.96 bits per heavy atom. The molecule has 116 valence electrons. The Bertz CT molecular complexity index is 1010. The van der Waals surface area contributed by atoms with Crippen molar-refractivity contribution in [1.82, 2.24) is 4.40 Å². The minimum absolute atomic E-state index is 0.0831. The van der Waals surface area contributed by atoms with Gasteiger partial charge >= 0.3 is 0 Å². The van der Waals surface area contributed by atoms with Gasteiger partial charge < -0.3 is 4.40 Å². The Labute approximate surface area is 141 Å². The average molecular weight is 311 g/mol. The van der Waals surface area contributed by atoms with Crippen LogP contribution in [0.3, 0.4) is 0 Å². The van der Waals surface area contributed by atoms with Gasteiger partial charge in [-0.3, -0.25) is 4.79 Å². The first-order valence-corrected chi connectivity index (χ1v) is 8.02. The van der Waals surface area contributed by atoms with Gasteiger partial charge in [-0.05, 0) is 30.2 Å². The molecule has 4 aromatic rings. The highest BCUT2D eigenvalue weighted by molar-refractivity contribution is 6.11. The molecule has 0 aliphatic heterocycles. The molecule has 0 aliphatic rings. The molecule has 24 heavy (non-hydrogen) atoms. The smallest absolute Gasteiger partial charge is 0.162 e. The summed E-state index contributed by atoms with van der Waals surface area (Å²) in [5.74, 6) is 0.0831. The van der Waals surface area contributed by atoms with Gasteiger partial charge in [0.05, 0.1) is 16.8 Å². The number of benzene rings is 2. The normalized spacial score (nSPS) is 10.9. The molecule has 0 spiro atoms. The maximum atomic E-state index is 12.5. The lowest BCUT2D eigenvalue weighted by molar-refractivity contribution is 0.102. The van der Waals surface area contributed by atoms with Crippen molar-refractivity contribution in [3.05, 3.63) is 90.6 Å². The van der Waals surface area contributed by atoms with E-state index in [9.17, 15) is 4.79 Å². The van der Waals surface area contributed by atoms with Crippen LogP contribution in [0, 0.1) is 0 Å². The lowest BCUT2D eigenvalue weighted by atomic mass is 9.96. The second-order valence-corrected chi connectivity index (χ2v) is 5.84. The molecular weight excluding hydrogens is 294 g/mol. The predicted octanol–water partition coefficient (Wildman–Crippen LogP) is 5.48. The number of fused-ring (bicyclic) bond motifs is 1. The van der Waals surface area contributed by atoms with E-state index < -0.39 is 0 Å². The van der Waals surface area contributed by atoms with Crippen molar-refractivity contribution < 1.29 is 4.79 Å². The lowest BCUT2D eigenvalue weighted by Gasteiger charge is -2.08. The third-order valence-corrected chi connectivity index (χ3v) is 4.31. The van der Waals surface area contributed by atoms with Crippen molar-refractivity contribution in [2.45, 2.75) is 6.92 Å². The number of hydrogen-bond acceptors (Lipinski definition) is 1. The van der Waals surface area contributed by atoms with Crippen molar-refractivity contribution >= 4 is 11.3 Å². The topological polar surface area (TPSA) is 21.5 Å². The summed E-state index contributed by atoms with van der Waals surface area (Å²) in [5, 5.41) is 0. The molecule has 0 saturated heterocycles. The summed E-state index contributed by atoms with van der Waals surface area (Å²) < 4.78 is 2.12. The van der Waals surface area contributed by atoms with Gasteiger partial charge in [0.1, 0.15) is 0 Å². The van der Waals surface area contributed by atoms with Crippen LogP contribution < -0.4 is 0 Å². The molecule has 0 N–H and O–H groups in total. The molecule has 0 unspecified atom stereocenters. The third-order valence-electron chi connectivity index (χ3n) is 4.31. The van der Waals surface area contributed by atoms with Crippen LogP contribution in [0.2, 0.25) is 0 Å². The highest BCUT2D eigenvalue weighted by atomic mass is 16.1. The molecule has 2 aromatic carbocycles. The standard InChI is InChI=1S/C22H17NO/c1-16(24)20-19-14-8-9-15-23(19)22(18-12-6-3-7-13-18)21(20)17-10-4-2-5-11-17/h2-15H,1H3. The fourth-order valence-electron chi connectivity index (χ4n) is 3.33. The van der Waals surface area contributed by atoms with E-state index in [0.29, 0.717) is 0 Å². The molecule has 0 fully saturated rings. The summed E-state index contributed by atoms with van der Waals surface area (Å²) in [4.78, 5) is 12.5. The van der Waals surface area contributed by atoms with Gasteiger partial charge in [-0.1, -0.05) is 66.7 Å². The number of hydrogen-bond donors (Lipinski definition) is 0. The molecule has 0 bridgehead atoms. The zero-order valence-electron chi connectivity index (χ0n) is 13.4. The highest BCUT2D eigenvalue weighted by Gasteiger charge is 2.22. The number of carbonyl (C=O) groups is 1. The highest BCUT2D eigenvalue weighted by Crippen LogP contribution is 2.39. The Kier molecular flexibility index (Phi) is 3.51. The molecule has 0 radical (unpaired) electrons. The predicted molar refractivity (Wildman–Crippen MR) is 98.3 cm³/mol. The van der Waals surface area contributed by atoms with E-state index in [1.165, 1.54) is 0 Å². The minimum Gasteiger partial charge on any atom is -0.315 e. The van der Waals surface area contributed by atoms with E-state index in [4.69, 9.17) is 0 Å². The largest absolute Gasteiger partial charge is 0.315 e. The Morgan fingerprint density at radius 1 is 0.750 bits per heavy atom. The van der Waals surface area contributed by atoms with Crippen LogP contribution in [-0.4, -0.2) is 10.2 Å². The SMILES string of the molecule is CC(=O)c1c(-c2ccccc2)c(-c2ccccc2)n2ccccc12. The molecule has 0 amide bonds. The van der Waals surface area contributed by atoms with Crippen LogP contribution in [0.5, 0.6) is 0 Å². The minimum atomic E-state index is 0.0831. The van der Waals surface area contributed by atoms with E-state index in [1.807, 2.05) is 60.8 Å². The van der Waals surface area contributed by atoms with Crippen LogP contribution in [-0.2, 0) is 0 Å². The molecule has 0 saturated carbocycles.